The molecule has 0 aliphatic heterocycles. The van der Waals surface area contributed by atoms with Crippen molar-refractivity contribution in [2.45, 2.75) is 13.0 Å². The Morgan fingerprint density at radius 3 is 2.58 bits per heavy atom. The lowest BCUT2D eigenvalue weighted by atomic mass is 10.2. The molecule has 2 rings (SSSR count). The number of non-ortho nitro benzene ring substituents is 1. The average molecular weight is 422 g/mol. The SMILES string of the molecule is COc1ccc([N+](=O)[O-])cc1NC(=O)CCN(C)Cc1ccc(Br)cc1. The van der Waals surface area contributed by atoms with E-state index in [1.54, 1.807) is 0 Å². The fraction of sp³-hybridized carbons (Fsp3) is 0.278. The molecule has 1 N–H and O–H groups in total. The molecular formula is C18H20BrN3O4. The van der Waals surface area contributed by atoms with E-state index in [0.717, 1.165) is 16.6 Å². The molecule has 138 valence electrons. The van der Waals surface area contributed by atoms with Gasteiger partial charge in [0.05, 0.1) is 17.7 Å². The first-order valence-corrected chi connectivity index (χ1v) is 8.73. The molecule has 26 heavy (non-hydrogen) atoms. The van der Waals surface area contributed by atoms with Crippen molar-refractivity contribution in [3.05, 3.63) is 62.6 Å². The molecule has 2 aromatic carbocycles. The Morgan fingerprint density at radius 2 is 1.96 bits per heavy atom. The van der Waals surface area contributed by atoms with Crippen molar-refractivity contribution in [2.24, 2.45) is 0 Å². The Morgan fingerprint density at radius 1 is 1.27 bits per heavy atom. The zero-order chi connectivity index (χ0) is 19.1. The second-order valence-electron chi connectivity index (χ2n) is 5.80. The molecule has 1 amide bonds. The van der Waals surface area contributed by atoms with Crippen molar-refractivity contribution in [1.29, 1.82) is 0 Å². The number of rotatable bonds is 8. The molecule has 0 saturated heterocycles. The highest BCUT2D eigenvalue weighted by Crippen LogP contribution is 2.28. The third-order valence-corrected chi connectivity index (χ3v) is 4.28. The van der Waals surface area contributed by atoms with Crippen LogP contribution in [0.2, 0.25) is 0 Å². The van der Waals surface area contributed by atoms with Gasteiger partial charge in [0.25, 0.3) is 5.69 Å². The van der Waals surface area contributed by atoms with Gasteiger partial charge in [0.2, 0.25) is 5.91 Å². The molecule has 2 aromatic rings. The summed E-state index contributed by atoms with van der Waals surface area (Å²) in [6, 6.07) is 12.1. The van der Waals surface area contributed by atoms with Gasteiger partial charge in [-0.15, -0.1) is 0 Å². The summed E-state index contributed by atoms with van der Waals surface area (Å²) in [6.07, 6.45) is 0.263. The van der Waals surface area contributed by atoms with Crippen LogP contribution in [0.1, 0.15) is 12.0 Å². The molecule has 0 bridgehead atoms. The molecule has 0 atom stereocenters. The van der Waals surface area contributed by atoms with E-state index in [1.165, 1.54) is 25.3 Å². The average Bonchev–Trinajstić information content (AvgIpc) is 2.62. The number of carbonyl (C=O) groups excluding carboxylic acids is 1. The predicted octanol–water partition coefficient (Wildman–Crippen LogP) is 3.83. The number of nitro benzene ring substituents is 1. The highest BCUT2D eigenvalue weighted by atomic mass is 79.9. The minimum Gasteiger partial charge on any atom is -0.495 e. The summed E-state index contributed by atoms with van der Waals surface area (Å²) in [4.78, 5) is 24.6. The normalized spacial score (nSPS) is 10.6. The smallest absolute Gasteiger partial charge is 0.271 e. The first-order chi connectivity index (χ1) is 12.4. The van der Waals surface area contributed by atoms with Gasteiger partial charge in [0.1, 0.15) is 5.75 Å². The minimum atomic E-state index is -0.513. The number of nitrogens with zero attached hydrogens (tertiary/aromatic N) is 2. The maximum atomic E-state index is 12.2. The van der Waals surface area contributed by atoms with Crippen LogP contribution in [0.15, 0.2) is 46.9 Å². The van der Waals surface area contributed by atoms with E-state index in [2.05, 4.69) is 21.2 Å². The summed E-state index contributed by atoms with van der Waals surface area (Å²) in [7, 11) is 3.38. The standard InChI is InChI=1S/C18H20BrN3O4/c1-21(12-13-3-5-14(19)6-4-13)10-9-18(23)20-16-11-15(22(24)25)7-8-17(16)26-2/h3-8,11H,9-10,12H2,1-2H3,(H,20,23). The van der Waals surface area contributed by atoms with Gasteiger partial charge in [-0.25, -0.2) is 0 Å². The van der Waals surface area contributed by atoms with Gasteiger partial charge in [0.15, 0.2) is 0 Å². The first-order valence-electron chi connectivity index (χ1n) is 7.94. The van der Waals surface area contributed by atoms with Gasteiger partial charge in [-0.2, -0.15) is 0 Å². The molecule has 0 unspecified atom stereocenters. The van der Waals surface area contributed by atoms with Gasteiger partial charge in [-0.05, 0) is 30.8 Å². The third-order valence-electron chi connectivity index (χ3n) is 3.75. The van der Waals surface area contributed by atoms with E-state index in [9.17, 15) is 14.9 Å². The van der Waals surface area contributed by atoms with Crippen LogP contribution >= 0.6 is 15.9 Å². The Kier molecular flexibility index (Phi) is 7.11. The van der Waals surface area contributed by atoms with Crippen LogP contribution in [0.5, 0.6) is 5.75 Å². The highest BCUT2D eigenvalue weighted by molar-refractivity contribution is 9.10. The number of halogens is 1. The number of anilines is 1. The fourth-order valence-electron chi connectivity index (χ4n) is 2.39. The molecule has 7 nitrogen and oxygen atoms in total. The van der Waals surface area contributed by atoms with Crippen LogP contribution in [-0.4, -0.2) is 36.4 Å². The lowest BCUT2D eigenvalue weighted by molar-refractivity contribution is -0.384. The highest BCUT2D eigenvalue weighted by Gasteiger charge is 2.14. The lowest BCUT2D eigenvalue weighted by Crippen LogP contribution is -2.24. The number of nitrogens with one attached hydrogen (secondary N) is 1. The second-order valence-corrected chi connectivity index (χ2v) is 6.72. The zero-order valence-corrected chi connectivity index (χ0v) is 16.2. The van der Waals surface area contributed by atoms with Crippen molar-refractivity contribution in [1.82, 2.24) is 4.90 Å². The van der Waals surface area contributed by atoms with E-state index < -0.39 is 4.92 Å². The molecule has 8 heteroatoms. The van der Waals surface area contributed by atoms with Gasteiger partial charge < -0.3 is 15.0 Å². The largest absolute Gasteiger partial charge is 0.495 e. The number of benzene rings is 2. The number of methoxy groups -OCH3 is 1. The molecular weight excluding hydrogens is 402 g/mol. The molecule has 0 radical (unpaired) electrons. The van der Waals surface area contributed by atoms with Gasteiger partial charge in [-0.1, -0.05) is 28.1 Å². The number of hydrogen-bond donors (Lipinski definition) is 1. The Labute approximate surface area is 160 Å². The van der Waals surface area contributed by atoms with Crippen molar-refractivity contribution in [2.75, 3.05) is 26.0 Å². The monoisotopic (exact) mass is 421 g/mol. The molecule has 0 aliphatic rings. The number of nitro groups is 1. The zero-order valence-electron chi connectivity index (χ0n) is 14.6. The summed E-state index contributed by atoms with van der Waals surface area (Å²) in [5.41, 5.74) is 1.34. The van der Waals surface area contributed by atoms with Crippen LogP contribution in [0.3, 0.4) is 0 Å². The van der Waals surface area contributed by atoms with E-state index in [-0.39, 0.29) is 18.0 Å². The van der Waals surface area contributed by atoms with Gasteiger partial charge in [-0.3, -0.25) is 14.9 Å². The minimum absolute atomic E-state index is 0.103. The van der Waals surface area contributed by atoms with Crippen molar-refractivity contribution >= 4 is 33.2 Å². The number of amides is 1. The molecule has 0 saturated carbocycles. The Hall–Kier alpha value is -2.45. The quantitative estimate of drug-likeness (QED) is 0.517. The maximum Gasteiger partial charge on any atom is 0.271 e. The third kappa shape index (κ3) is 5.82. The predicted molar refractivity (Wildman–Crippen MR) is 103 cm³/mol. The fourth-order valence-corrected chi connectivity index (χ4v) is 2.66. The topological polar surface area (TPSA) is 84.7 Å². The first kappa shape index (κ1) is 19.9. The summed E-state index contributed by atoms with van der Waals surface area (Å²) >= 11 is 3.40. The summed E-state index contributed by atoms with van der Waals surface area (Å²) in [5, 5.41) is 13.6. The number of ether oxygens (including phenoxy) is 1. The summed E-state index contributed by atoms with van der Waals surface area (Å²) in [5.74, 6) is 0.152. The van der Waals surface area contributed by atoms with Crippen LogP contribution < -0.4 is 10.1 Å². The van der Waals surface area contributed by atoms with Crippen molar-refractivity contribution in [3.8, 4) is 5.75 Å². The molecule has 0 fully saturated rings. The van der Waals surface area contributed by atoms with Gasteiger partial charge >= 0.3 is 0 Å². The molecule has 0 aromatic heterocycles. The number of hydrogen-bond acceptors (Lipinski definition) is 5. The maximum absolute atomic E-state index is 12.2. The van der Waals surface area contributed by atoms with Crippen LogP contribution in [0, 0.1) is 10.1 Å². The van der Waals surface area contributed by atoms with E-state index in [0.29, 0.717) is 18.0 Å². The lowest BCUT2D eigenvalue weighted by Gasteiger charge is -2.17. The van der Waals surface area contributed by atoms with Crippen LogP contribution in [0.25, 0.3) is 0 Å². The number of carbonyl (C=O) groups is 1. The van der Waals surface area contributed by atoms with Gasteiger partial charge in [0, 0.05) is 36.1 Å². The van der Waals surface area contributed by atoms with E-state index in [1.807, 2.05) is 36.2 Å². The molecule has 0 heterocycles. The van der Waals surface area contributed by atoms with Crippen LogP contribution in [-0.2, 0) is 11.3 Å². The van der Waals surface area contributed by atoms with E-state index in [4.69, 9.17) is 4.74 Å². The second kappa shape index (κ2) is 9.30. The van der Waals surface area contributed by atoms with Crippen molar-refractivity contribution < 1.29 is 14.5 Å². The Balaban J connectivity index is 1.91. The molecule has 0 aliphatic carbocycles. The van der Waals surface area contributed by atoms with Crippen molar-refractivity contribution in [3.63, 3.8) is 0 Å². The van der Waals surface area contributed by atoms with Crippen LogP contribution in [0.4, 0.5) is 11.4 Å². The molecule has 0 spiro atoms. The van der Waals surface area contributed by atoms with E-state index >= 15 is 0 Å². The summed E-state index contributed by atoms with van der Waals surface area (Å²) < 4.78 is 6.17. The summed E-state index contributed by atoms with van der Waals surface area (Å²) in [6.45, 7) is 1.28. The Bertz CT molecular complexity index is 781.